The Bertz CT molecular complexity index is 438. The third-order valence-electron chi connectivity index (χ3n) is 3.43. The van der Waals surface area contributed by atoms with E-state index in [0.717, 1.165) is 44.5 Å². The molecule has 0 amide bonds. The molecule has 19 heavy (non-hydrogen) atoms. The van der Waals surface area contributed by atoms with Crippen LogP contribution in [0.15, 0.2) is 0 Å². The van der Waals surface area contributed by atoms with Crippen molar-refractivity contribution in [3.63, 3.8) is 0 Å². The van der Waals surface area contributed by atoms with Gasteiger partial charge in [0.05, 0.1) is 18.3 Å². The first kappa shape index (κ1) is 14.4. The van der Waals surface area contributed by atoms with Gasteiger partial charge in [0, 0.05) is 6.61 Å². The Morgan fingerprint density at radius 3 is 2.95 bits per heavy atom. The summed E-state index contributed by atoms with van der Waals surface area (Å²) >= 11 is 5.06. The zero-order chi connectivity index (χ0) is 13.8. The largest absolute Gasteiger partial charge is 0.388 e. The maximum absolute atomic E-state index is 5.73. The van der Waals surface area contributed by atoms with Crippen molar-refractivity contribution in [3.05, 3.63) is 11.4 Å². The Labute approximate surface area is 119 Å². The van der Waals surface area contributed by atoms with Crippen LogP contribution in [-0.2, 0) is 17.7 Å². The number of thiocarbonyl (C=S) groups is 1. The van der Waals surface area contributed by atoms with Crippen LogP contribution >= 0.6 is 12.2 Å². The maximum Gasteiger partial charge on any atom is 0.143 e. The van der Waals surface area contributed by atoms with E-state index < -0.39 is 0 Å². The highest BCUT2D eigenvalue weighted by Crippen LogP contribution is 2.17. The van der Waals surface area contributed by atoms with Crippen molar-refractivity contribution in [3.8, 4) is 0 Å². The number of ether oxygens (including phenoxy) is 1. The number of hydrogen-bond acceptors (Lipinski definition) is 4. The molecule has 6 heteroatoms. The van der Waals surface area contributed by atoms with E-state index >= 15 is 0 Å². The number of hydrogen-bond donors (Lipinski definition) is 1. The SMILES string of the molecule is CC(C)CCc1c(C(N)=S)nnn1CC1CCCO1. The van der Waals surface area contributed by atoms with Gasteiger partial charge in [0.15, 0.2) is 0 Å². The molecule has 0 aliphatic carbocycles. The van der Waals surface area contributed by atoms with E-state index in [1.165, 1.54) is 0 Å². The molecular formula is C13H22N4OS. The van der Waals surface area contributed by atoms with E-state index in [2.05, 4.69) is 24.2 Å². The van der Waals surface area contributed by atoms with Crippen LogP contribution in [0.2, 0.25) is 0 Å². The smallest absolute Gasteiger partial charge is 0.143 e. The lowest BCUT2D eigenvalue weighted by molar-refractivity contribution is 0.0926. The van der Waals surface area contributed by atoms with Gasteiger partial charge in [-0.2, -0.15) is 0 Å². The van der Waals surface area contributed by atoms with Crippen molar-refractivity contribution in [1.29, 1.82) is 0 Å². The highest BCUT2D eigenvalue weighted by molar-refractivity contribution is 7.80. The predicted molar refractivity (Wildman–Crippen MR) is 78.0 cm³/mol. The molecule has 1 unspecified atom stereocenters. The van der Waals surface area contributed by atoms with Gasteiger partial charge >= 0.3 is 0 Å². The van der Waals surface area contributed by atoms with Crippen LogP contribution in [0.1, 0.15) is 44.5 Å². The van der Waals surface area contributed by atoms with Gasteiger partial charge in [-0.15, -0.1) is 5.10 Å². The fraction of sp³-hybridized carbons (Fsp3) is 0.769. The Hall–Kier alpha value is -1.01. The van der Waals surface area contributed by atoms with Crippen LogP contribution in [0.5, 0.6) is 0 Å². The van der Waals surface area contributed by atoms with Crippen LogP contribution in [0.4, 0.5) is 0 Å². The predicted octanol–water partition coefficient (Wildman–Crippen LogP) is 1.68. The fourth-order valence-corrected chi connectivity index (χ4v) is 2.48. The fourth-order valence-electron chi connectivity index (χ4n) is 2.32. The molecule has 2 N–H and O–H groups in total. The molecule has 0 aromatic carbocycles. The second kappa shape index (κ2) is 6.43. The van der Waals surface area contributed by atoms with E-state index in [4.69, 9.17) is 22.7 Å². The van der Waals surface area contributed by atoms with Crippen molar-refractivity contribution in [2.24, 2.45) is 11.7 Å². The van der Waals surface area contributed by atoms with E-state index in [-0.39, 0.29) is 6.10 Å². The maximum atomic E-state index is 5.73. The molecule has 0 spiro atoms. The molecule has 5 nitrogen and oxygen atoms in total. The van der Waals surface area contributed by atoms with Crippen molar-refractivity contribution in [2.75, 3.05) is 6.61 Å². The molecule has 1 aromatic rings. The highest BCUT2D eigenvalue weighted by Gasteiger charge is 2.21. The number of nitrogens with zero attached hydrogens (tertiary/aromatic N) is 3. The molecule has 1 atom stereocenters. The van der Waals surface area contributed by atoms with Crippen LogP contribution < -0.4 is 5.73 Å². The molecule has 2 rings (SSSR count). The number of aromatic nitrogens is 3. The number of nitrogens with two attached hydrogens (primary N) is 1. The van der Waals surface area contributed by atoms with Crippen molar-refractivity contribution in [1.82, 2.24) is 15.0 Å². The van der Waals surface area contributed by atoms with E-state index in [1.54, 1.807) is 0 Å². The Balaban J connectivity index is 2.13. The summed E-state index contributed by atoms with van der Waals surface area (Å²) in [6.45, 7) is 6.01. The lowest BCUT2D eigenvalue weighted by Crippen LogP contribution is -2.20. The van der Waals surface area contributed by atoms with Gasteiger partial charge in [-0.3, -0.25) is 0 Å². The first-order valence-electron chi connectivity index (χ1n) is 6.91. The third-order valence-corrected chi connectivity index (χ3v) is 3.62. The van der Waals surface area contributed by atoms with Crippen LogP contribution in [0.25, 0.3) is 0 Å². The molecule has 0 bridgehead atoms. The van der Waals surface area contributed by atoms with Gasteiger partial charge in [-0.25, -0.2) is 4.68 Å². The quantitative estimate of drug-likeness (QED) is 0.804. The van der Waals surface area contributed by atoms with Gasteiger partial charge in [0.2, 0.25) is 0 Å². The second-order valence-electron chi connectivity index (χ2n) is 5.50. The monoisotopic (exact) mass is 282 g/mol. The summed E-state index contributed by atoms with van der Waals surface area (Å²) in [5.74, 6) is 0.630. The van der Waals surface area contributed by atoms with Crippen LogP contribution in [-0.4, -0.2) is 32.7 Å². The van der Waals surface area contributed by atoms with E-state index in [9.17, 15) is 0 Å². The summed E-state index contributed by atoms with van der Waals surface area (Å²) in [5, 5.41) is 8.32. The molecule has 0 radical (unpaired) electrons. The van der Waals surface area contributed by atoms with E-state index in [0.29, 0.717) is 16.6 Å². The lowest BCUT2D eigenvalue weighted by Gasteiger charge is -2.13. The number of rotatable bonds is 6. The third kappa shape index (κ3) is 3.73. The average Bonchev–Trinajstić information content (AvgIpc) is 2.96. The van der Waals surface area contributed by atoms with Crippen LogP contribution in [0.3, 0.4) is 0 Å². The molecule has 1 saturated heterocycles. The van der Waals surface area contributed by atoms with Crippen molar-refractivity contribution < 1.29 is 4.74 Å². The molecule has 106 valence electrons. The minimum Gasteiger partial charge on any atom is -0.388 e. The summed E-state index contributed by atoms with van der Waals surface area (Å²) in [6, 6.07) is 0. The Morgan fingerprint density at radius 1 is 1.58 bits per heavy atom. The van der Waals surface area contributed by atoms with Crippen molar-refractivity contribution in [2.45, 2.75) is 52.2 Å². The first-order chi connectivity index (χ1) is 9.08. The zero-order valence-corrected chi connectivity index (χ0v) is 12.4. The minimum atomic E-state index is 0.249. The molecule has 1 fully saturated rings. The second-order valence-corrected chi connectivity index (χ2v) is 5.94. The summed E-state index contributed by atoms with van der Waals surface area (Å²) in [6.07, 6.45) is 4.45. The molecule has 2 heterocycles. The summed E-state index contributed by atoms with van der Waals surface area (Å²) < 4.78 is 7.58. The standard InChI is InChI=1S/C13H22N4OS/c1-9(2)5-6-11-12(13(14)19)15-16-17(11)8-10-4-3-7-18-10/h9-10H,3-8H2,1-2H3,(H2,14,19). The highest BCUT2D eigenvalue weighted by atomic mass is 32.1. The molecule has 0 saturated carbocycles. The first-order valence-corrected chi connectivity index (χ1v) is 7.32. The molecule has 1 aliphatic rings. The molecule has 1 aliphatic heterocycles. The Morgan fingerprint density at radius 2 is 2.37 bits per heavy atom. The minimum absolute atomic E-state index is 0.249. The summed E-state index contributed by atoms with van der Waals surface area (Å²) in [7, 11) is 0. The van der Waals surface area contributed by atoms with Crippen LogP contribution in [0, 0.1) is 5.92 Å². The van der Waals surface area contributed by atoms with Gasteiger partial charge < -0.3 is 10.5 Å². The normalized spacial score (nSPS) is 19.2. The van der Waals surface area contributed by atoms with Gasteiger partial charge in [0.1, 0.15) is 10.7 Å². The molecular weight excluding hydrogens is 260 g/mol. The average molecular weight is 282 g/mol. The molecule has 1 aromatic heterocycles. The van der Waals surface area contributed by atoms with Gasteiger partial charge in [0.25, 0.3) is 0 Å². The van der Waals surface area contributed by atoms with Gasteiger partial charge in [-0.1, -0.05) is 31.3 Å². The van der Waals surface area contributed by atoms with Crippen molar-refractivity contribution >= 4 is 17.2 Å². The lowest BCUT2D eigenvalue weighted by atomic mass is 10.1. The van der Waals surface area contributed by atoms with E-state index in [1.807, 2.05) is 4.68 Å². The summed E-state index contributed by atoms with van der Waals surface area (Å²) in [4.78, 5) is 0.331. The topological polar surface area (TPSA) is 66.0 Å². The van der Waals surface area contributed by atoms with Gasteiger partial charge in [-0.05, 0) is 31.6 Å². The zero-order valence-electron chi connectivity index (χ0n) is 11.6. The summed E-state index contributed by atoms with van der Waals surface area (Å²) in [5.41, 5.74) is 7.45. The Kier molecular flexibility index (Phi) is 4.87.